The maximum atomic E-state index is 12.8. The number of hydrogen-bond acceptors (Lipinski definition) is 3. The molecule has 0 bridgehead atoms. The summed E-state index contributed by atoms with van der Waals surface area (Å²) in [6, 6.07) is 9.44. The second kappa shape index (κ2) is 9.67. The van der Waals surface area contributed by atoms with Gasteiger partial charge in [0.05, 0.1) is 12.6 Å². The van der Waals surface area contributed by atoms with Crippen molar-refractivity contribution < 1.29 is 9.59 Å². The Kier molecular flexibility index (Phi) is 7.01. The fraction of sp³-hybridized carbons (Fsp3) is 0.522. The van der Waals surface area contributed by atoms with E-state index in [1.165, 1.54) is 25.0 Å². The second-order valence-electron chi connectivity index (χ2n) is 7.73. The van der Waals surface area contributed by atoms with Gasteiger partial charge in [-0.3, -0.25) is 14.3 Å². The van der Waals surface area contributed by atoms with Crippen LogP contribution in [-0.2, 0) is 6.42 Å². The zero-order chi connectivity index (χ0) is 19.9. The summed E-state index contributed by atoms with van der Waals surface area (Å²) in [5.41, 5.74) is 3.23. The number of aromatic nitrogens is 2. The van der Waals surface area contributed by atoms with Crippen molar-refractivity contribution in [3.63, 3.8) is 0 Å². The van der Waals surface area contributed by atoms with Crippen LogP contribution in [-0.4, -0.2) is 28.0 Å². The molecule has 0 aliphatic heterocycles. The van der Waals surface area contributed by atoms with Crippen LogP contribution in [0.15, 0.2) is 30.3 Å². The Balaban J connectivity index is 1.75. The third-order valence-electron chi connectivity index (χ3n) is 5.68. The standard InChI is InChI=1S/C23H31N3O2/c1-3-4-15-20-17(2)22(25-26(20)19-13-9-6-10-14-19)23(28)24-16-21(27)18-11-7-5-8-12-18/h5,7-8,11-12,19H,3-4,6,9-10,13-16H2,1-2H3,(H,24,28). The molecule has 28 heavy (non-hydrogen) atoms. The Hall–Kier alpha value is -2.43. The topological polar surface area (TPSA) is 64.0 Å². The lowest BCUT2D eigenvalue weighted by Gasteiger charge is -2.24. The van der Waals surface area contributed by atoms with Crippen molar-refractivity contribution in [2.24, 2.45) is 0 Å². The van der Waals surface area contributed by atoms with Crippen LogP contribution in [0.3, 0.4) is 0 Å². The average molecular weight is 382 g/mol. The Morgan fingerprint density at radius 3 is 2.54 bits per heavy atom. The molecule has 1 amide bonds. The minimum absolute atomic E-state index is 0.0110. The van der Waals surface area contributed by atoms with Crippen LogP contribution in [0.1, 0.15) is 90.0 Å². The zero-order valence-corrected chi connectivity index (χ0v) is 17.0. The zero-order valence-electron chi connectivity index (χ0n) is 17.0. The molecule has 0 unspecified atom stereocenters. The number of carbonyl (C=O) groups excluding carboxylic acids is 2. The Bertz CT molecular complexity index is 805. The predicted molar refractivity (Wildman–Crippen MR) is 111 cm³/mol. The van der Waals surface area contributed by atoms with E-state index >= 15 is 0 Å². The summed E-state index contributed by atoms with van der Waals surface area (Å²) in [6.07, 6.45) is 9.16. The second-order valence-corrected chi connectivity index (χ2v) is 7.73. The first-order valence-electron chi connectivity index (χ1n) is 10.6. The summed E-state index contributed by atoms with van der Waals surface area (Å²) in [4.78, 5) is 25.1. The molecule has 150 valence electrons. The Morgan fingerprint density at radius 1 is 1.14 bits per heavy atom. The van der Waals surface area contributed by atoms with Crippen LogP contribution in [0.4, 0.5) is 0 Å². The lowest BCUT2D eigenvalue weighted by molar-refractivity contribution is 0.0899. The average Bonchev–Trinajstić information content (AvgIpc) is 3.07. The SMILES string of the molecule is CCCCc1c(C)c(C(=O)NCC(=O)c2ccccc2)nn1C1CCCCC1. The largest absolute Gasteiger partial charge is 0.343 e. The molecule has 2 aromatic rings. The minimum atomic E-state index is -0.255. The van der Waals surface area contributed by atoms with E-state index in [0.29, 0.717) is 17.3 Å². The highest BCUT2D eigenvalue weighted by atomic mass is 16.2. The van der Waals surface area contributed by atoms with Gasteiger partial charge in [0.1, 0.15) is 0 Å². The van der Waals surface area contributed by atoms with E-state index in [-0.39, 0.29) is 18.2 Å². The van der Waals surface area contributed by atoms with Gasteiger partial charge in [-0.15, -0.1) is 0 Å². The van der Waals surface area contributed by atoms with Gasteiger partial charge in [0.15, 0.2) is 11.5 Å². The van der Waals surface area contributed by atoms with Crippen molar-refractivity contribution in [1.82, 2.24) is 15.1 Å². The maximum Gasteiger partial charge on any atom is 0.272 e. The van der Waals surface area contributed by atoms with Gasteiger partial charge >= 0.3 is 0 Å². The molecule has 1 aliphatic carbocycles. The third-order valence-corrected chi connectivity index (χ3v) is 5.68. The van der Waals surface area contributed by atoms with Crippen molar-refractivity contribution in [2.45, 2.75) is 71.3 Å². The summed E-state index contributed by atoms with van der Waals surface area (Å²) in [6.45, 7) is 4.16. The highest BCUT2D eigenvalue weighted by Crippen LogP contribution is 2.31. The van der Waals surface area contributed by atoms with Gasteiger partial charge in [-0.2, -0.15) is 5.10 Å². The van der Waals surface area contributed by atoms with Gasteiger partial charge in [-0.1, -0.05) is 62.9 Å². The van der Waals surface area contributed by atoms with Gasteiger partial charge in [-0.05, 0) is 32.6 Å². The Labute approximate surface area is 167 Å². The highest BCUT2D eigenvalue weighted by molar-refractivity contribution is 6.02. The lowest BCUT2D eigenvalue weighted by Crippen LogP contribution is -2.30. The van der Waals surface area contributed by atoms with Gasteiger partial charge in [0, 0.05) is 16.8 Å². The number of rotatable bonds is 8. The number of nitrogens with zero attached hydrogens (tertiary/aromatic N) is 2. The monoisotopic (exact) mass is 381 g/mol. The number of benzene rings is 1. The van der Waals surface area contributed by atoms with Crippen LogP contribution in [0.5, 0.6) is 0 Å². The number of amides is 1. The molecule has 5 heteroatoms. The predicted octanol–water partition coefficient (Wildman–Crippen LogP) is 4.65. The minimum Gasteiger partial charge on any atom is -0.343 e. The maximum absolute atomic E-state index is 12.8. The fourth-order valence-corrected chi connectivity index (χ4v) is 4.01. The summed E-state index contributed by atoms with van der Waals surface area (Å²) in [5, 5.41) is 7.50. The molecule has 0 atom stereocenters. The van der Waals surface area contributed by atoms with Crippen molar-refractivity contribution in [3.05, 3.63) is 52.8 Å². The van der Waals surface area contributed by atoms with Crippen molar-refractivity contribution >= 4 is 11.7 Å². The number of hydrogen-bond donors (Lipinski definition) is 1. The lowest BCUT2D eigenvalue weighted by atomic mass is 9.95. The van der Waals surface area contributed by atoms with Gasteiger partial charge in [-0.25, -0.2) is 0 Å². The van der Waals surface area contributed by atoms with Gasteiger partial charge in [0.25, 0.3) is 5.91 Å². The molecule has 0 radical (unpaired) electrons. The van der Waals surface area contributed by atoms with Crippen molar-refractivity contribution in [1.29, 1.82) is 0 Å². The summed E-state index contributed by atoms with van der Waals surface area (Å²) in [5.74, 6) is -0.349. The fourth-order valence-electron chi connectivity index (χ4n) is 4.01. The molecule has 1 aromatic heterocycles. The van der Waals surface area contributed by atoms with Crippen LogP contribution in [0.25, 0.3) is 0 Å². The summed E-state index contributed by atoms with van der Waals surface area (Å²) in [7, 11) is 0. The van der Waals surface area contributed by atoms with Crippen LogP contribution >= 0.6 is 0 Å². The number of Topliss-reactive ketones (excluding diaryl/α,β-unsaturated/α-hetero) is 1. The smallest absolute Gasteiger partial charge is 0.272 e. The molecule has 1 saturated carbocycles. The number of unbranched alkanes of at least 4 members (excludes halogenated alkanes) is 1. The van der Waals surface area contributed by atoms with Crippen LogP contribution < -0.4 is 5.32 Å². The molecule has 1 aliphatic rings. The van der Waals surface area contributed by atoms with E-state index in [4.69, 9.17) is 5.10 Å². The molecule has 1 N–H and O–H groups in total. The van der Waals surface area contributed by atoms with E-state index in [0.717, 1.165) is 37.7 Å². The van der Waals surface area contributed by atoms with E-state index < -0.39 is 0 Å². The van der Waals surface area contributed by atoms with Crippen LogP contribution in [0, 0.1) is 6.92 Å². The quantitative estimate of drug-likeness (QED) is 0.677. The van der Waals surface area contributed by atoms with E-state index in [2.05, 4.69) is 16.9 Å². The van der Waals surface area contributed by atoms with Crippen molar-refractivity contribution in [2.75, 3.05) is 6.54 Å². The first-order chi connectivity index (χ1) is 13.6. The number of ketones is 1. The van der Waals surface area contributed by atoms with Gasteiger partial charge in [0.2, 0.25) is 0 Å². The number of nitrogens with one attached hydrogen (secondary N) is 1. The highest BCUT2D eigenvalue weighted by Gasteiger charge is 2.25. The molecule has 0 spiro atoms. The van der Waals surface area contributed by atoms with Gasteiger partial charge < -0.3 is 5.32 Å². The van der Waals surface area contributed by atoms with E-state index in [1.54, 1.807) is 12.1 Å². The molecular weight excluding hydrogens is 350 g/mol. The Morgan fingerprint density at radius 2 is 1.86 bits per heavy atom. The molecule has 5 nitrogen and oxygen atoms in total. The normalized spacial score (nSPS) is 14.8. The first kappa shape index (κ1) is 20.3. The van der Waals surface area contributed by atoms with Crippen molar-refractivity contribution in [3.8, 4) is 0 Å². The summed E-state index contributed by atoms with van der Waals surface area (Å²) >= 11 is 0. The number of carbonyl (C=O) groups is 2. The molecule has 1 fully saturated rings. The first-order valence-corrected chi connectivity index (χ1v) is 10.6. The molecule has 1 aromatic carbocycles. The van der Waals surface area contributed by atoms with E-state index in [1.807, 2.05) is 25.1 Å². The van der Waals surface area contributed by atoms with E-state index in [9.17, 15) is 9.59 Å². The molecule has 1 heterocycles. The van der Waals surface area contributed by atoms with Crippen LogP contribution in [0.2, 0.25) is 0 Å². The molecular formula is C23H31N3O2. The summed E-state index contributed by atoms with van der Waals surface area (Å²) < 4.78 is 2.12. The third kappa shape index (κ3) is 4.70. The molecule has 0 saturated heterocycles. The molecule has 3 rings (SSSR count).